The summed E-state index contributed by atoms with van der Waals surface area (Å²) in [7, 11) is 8.47. The largest absolute Gasteiger partial charge is 0.508 e. The van der Waals surface area contributed by atoms with E-state index in [9.17, 15) is 14.7 Å². The number of benzene rings is 2. The van der Waals surface area contributed by atoms with E-state index < -0.39 is 24.1 Å². The average Bonchev–Trinajstić information content (AvgIpc) is 2.78. The van der Waals surface area contributed by atoms with Crippen LogP contribution in [0.2, 0.25) is 0 Å². The number of aryl methyl sites for hydroxylation is 1. The number of rotatable bonds is 10. The Kier molecular flexibility index (Phi) is 11.7. The molecule has 2 rings (SSSR count). The number of carboxylic acids is 2. The molecule has 0 amide bonds. The van der Waals surface area contributed by atoms with E-state index in [-0.39, 0.29) is 5.92 Å². The van der Waals surface area contributed by atoms with E-state index in [4.69, 9.17) is 20.4 Å². The molecule has 9 nitrogen and oxygen atoms in total. The quantitative estimate of drug-likeness (QED) is 0.325. The first-order valence-corrected chi connectivity index (χ1v) is 10.9. The zero-order valence-corrected chi connectivity index (χ0v) is 20.3. The van der Waals surface area contributed by atoms with Crippen LogP contribution in [0.4, 0.5) is 0 Å². The number of hydrogen-bond acceptors (Lipinski definition) is 7. The van der Waals surface area contributed by atoms with E-state index in [0.717, 1.165) is 18.4 Å². The molecule has 0 unspecified atom stereocenters. The lowest BCUT2D eigenvalue weighted by Crippen LogP contribution is -2.40. The number of aliphatic carboxylic acids is 2. The molecule has 3 atom stereocenters. The summed E-state index contributed by atoms with van der Waals surface area (Å²) in [6, 6.07) is 16.4. The van der Waals surface area contributed by atoms with Gasteiger partial charge in [-0.2, -0.15) is 0 Å². The average molecular weight is 477 g/mol. The first kappa shape index (κ1) is 29.1. The predicted octanol–water partition coefficient (Wildman–Crippen LogP) is 1.94. The van der Waals surface area contributed by atoms with Gasteiger partial charge in [-0.3, -0.25) is 9.80 Å². The molecule has 0 saturated carbocycles. The number of aliphatic hydroxyl groups is 2. The molecule has 0 spiro atoms. The van der Waals surface area contributed by atoms with Crippen molar-refractivity contribution >= 4 is 11.9 Å². The maximum Gasteiger partial charge on any atom is 0.335 e. The third-order valence-electron chi connectivity index (χ3n) is 5.47. The minimum atomic E-state index is -2.27. The van der Waals surface area contributed by atoms with Gasteiger partial charge in [0.25, 0.3) is 0 Å². The first-order chi connectivity index (χ1) is 15.9. The summed E-state index contributed by atoms with van der Waals surface area (Å²) in [6.45, 7) is 2.08. The van der Waals surface area contributed by atoms with Crippen molar-refractivity contribution in [2.24, 2.45) is 0 Å². The third-order valence-corrected chi connectivity index (χ3v) is 5.47. The number of hydrogen-bond donors (Lipinski definition) is 5. The van der Waals surface area contributed by atoms with Crippen LogP contribution in [0, 0.1) is 6.92 Å². The van der Waals surface area contributed by atoms with Crippen molar-refractivity contribution in [1.29, 1.82) is 0 Å². The van der Waals surface area contributed by atoms with Gasteiger partial charge in [0.05, 0.1) is 6.17 Å². The predicted molar refractivity (Wildman–Crippen MR) is 129 cm³/mol. The second-order valence-electron chi connectivity index (χ2n) is 8.58. The molecular formula is C25H36N2O7. The van der Waals surface area contributed by atoms with E-state index in [0.29, 0.717) is 11.9 Å². The normalized spacial score (nSPS) is 13.8. The minimum Gasteiger partial charge on any atom is -0.508 e. The highest BCUT2D eigenvalue weighted by Gasteiger charge is 2.29. The maximum absolute atomic E-state index is 10.4. The Labute approximate surface area is 200 Å². The Bertz CT molecular complexity index is 893. The molecule has 0 fully saturated rings. The summed E-state index contributed by atoms with van der Waals surface area (Å²) < 4.78 is 0. The van der Waals surface area contributed by atoms with Gasteiger partial charge in [-0.05, 0) is 59.6 Å². The molecule has 0 radical (unpaired) electrons. The number of aliphatic hydroxyl groups excluding tert-OH is 2. The molecule has 34 heavy (non-hydrogen) atoms. The van der Waals surface area contributed by atoms with Crippen LogP contribution in [0.25, 0.3) is 0 Å². The molecule has 0 saturated heterocycles. The number of phenols is 1. The van der Waals surface area contributed by atoms with Crippen molar-refractivity contribution in [2.45, 2.75) is 44.1 Å². The molecule has 2 aromatic rings. The van der Waals surface area contributed by atoms with Gasteiger partial charge in [0, 0.05) is 11.5 Å². The van der Waals surface area contributed by atoms with E-state index in [1.165, 1.54) is 11.1 Å². The summed E-state index contributed by atoms with van der Waals surface area (Å²) in [5.41, 5.74) is 3.47. The summed E-state index contributed by atoms with van der Waals surface area (Å²) in [5.74, 6) is -2.95. The van der Waals surface area contributed by atoms with Crippen LogP contribution >= 0.6 is 0 Å². The summed E-state index contributed by atoms with van der Waals surface area (Å²) >= 11 is 0. The molecule has 0 aromatic heterocycles. The zero-order valence-electron chi connectivity index (χ0n) is 20.3. The van der Waals surface area contributed by atoms with Crippen molar-refractivity contribution in [1.82, 2.24) is 9.80 Å². The second-order valence-corrected chi connectivity index (χ2v) is 8.58. The van der Waals surface area contributed by atoms with Gasteiger partial charge >= 0.3 is 11.9 Å². The van der Waals surface area contributed by atoms with Crippen molar-refractivity contribution < 1.29 is 35.1 Å². The monoisotopic (exact) mass is 476 g/mol. The van der Waals surface area contributed by atoms with Gasteiger partial charge in [-0.1, -0.05) is 48.0 Å². The zero-order chi connectivity index (χ0) is 26.0. The topological polar surface area (TPSA) is 142 Å². The lowest BCUT2D eigenvalue weighted by Gasteiger charge is -2.32. The second kappa shape index (κ2) is 13.7. The molecule has 2 aromatic carbocycles. The Morgan fingerprint density at radius 1 is 0.824 bits per heavy atom. The number of carbonyl (C=O) groups is 2. The number of phenolic OH excluding ortho intramolecular Hbond substituents is 1. The molecule has 0 aliphatic rings. The van der Waals surface area contributed by atoms with Crippen molar-refractivity contribution in [3.63, 3.8) is 0 Å². The van der Waals surface area contributed by atoms with Crippen LogP contribution < -0.4 is 0 Å². The van der Waals surface area contributed by atoms with Crippen LogP contribution in [0.15, 0.2) is 48.5 Å². The van der Waals surface area contributed by atoms with Gasteiger partial charge in [0.15, 0.2) is 12.2 Å². The van der Waals surface area contributed by atoms with Gasteiger partial charge in [0.2, 0.25) is 0 Å². The van der Waals surface area contributed by atoms with Crippen LogP contribution in [0.1, 0.15) is 35.4 Å². The first-order valence-electron chi connectivity index (χ1n) is 10.9. The summed E-state index contributed by atoms with van der Waals surface area (Å²) in [5, 5.41) is 43.0. The van der Waals surface area contributed by atoms with Crippen LogP contribution in [-0.2, 0) is 9.59 Å². The van der Waals surface area contributed by atoms with E-state index in [1.807, 2.05) is 18.2 Å². The molecule has 0 aliphatic carbocycles. The Morgan fingerprint density at radius 2 is 1.32 bits per heavy atom. The fourth-order valence-electron chi connectivity index (χ4n) is 3.70. The lowest BCUT2D eigenvalue weighted by molar-refractivity contribution is -0.165. The molecule has 5 N–H and O–H groups in total. The Hall–Kier alpha value is -2.98. The van der Waals surface area contributed by atoms with Crippen molar-refractivity contribution in [3.05, 3.63) is 65.2 Å². The van der Waals surface area contributed by atoms with Crippen molar-refractivity contribution in [2.75, 3.05) is 28.2 Å². The highest BCUT2D eigenvalue weighted by atomic mass is 16.4. The molecule has 0 heterocycles. The van der Waals surface area contributed by atoms with E-state index in [1.54, 1.807) is 0 Å². The molecular weight excluding hydrogens is 440 g/mol. The fourth-order valence-corrected chi connectivity index (χ4v) is 3.70. The highest BCUT2D eigenvalue weighted by Crippen LogP contribution is 2.36. The summed E-state index contributed by atoms with van der Waals surface area (Å²) in [4.78, 5) is 24.0. The molecule has 9 heteroatoms. The molecule has 0 bridgehead atoms. The van der Waals surface area contributed by atoms with Gasteiger partial charge in [-0.15, -0.1) is 0 Å². The van der Waals surface area contributed by atoms with Gasteiger partial charge in [0.1, 0.15) is 5.75 Å². The molecule has 188 valence electrons. The fraction of sp³-hybridized carbons (Fsp3) is 0.440. The number of aromatic hydroxyl groups is 1. The maximum atomic E-state index is 10.4. The molecule has 0 aliphatic heterocycles. The minimum absolute atomic E-state index is 0.202. The van der Waals surface area contributed by atoms with Crippen LogP contribution in [0.3, 0.4) is 0 Å². The van der Waals surface area contributed by atoms with Gasteiger partial charge in [-0.25, -0.2) is 9.59 Å². The SMILES string of the molecule is Cc1ccc(O)c([C@@H](CCC(N(C)C)N(C)C)c2ccccc2)c1.O=C(O)[C@H](O)[C@@H](O)C(=O)O. The highest BCUT2D eigenvalue weighted by molar-refractivity contribution is 5.83. The Morgan fingerprint density at radius 3 is 1.76 bits per heavy atom. The number of nitrogens with zero attached hydrogens (tertiary/aromatic N) is 2. The van der Waals surface area contributed by atoms with E-state index in [2.05, 4.69) is 75.2 Å². The van der Waals surface area contributed by atoms with Crippen LogP contribution in [0.5, 0.6) is 5.75 Å². The third kappa shape index (κ3) is 8.75. The smallest absolute Gasteiger partial charge is 0.335 e. The van der Waals surface area contributed by atoms with Gasteiger partial charge < -0.3 is 25.5 Å². The summed E-state index contributed by atoms with van der Waals surface area (Å²) in [6.07, 6.45) is -2.13. The van der Waals surface area contributed by atoms with E-state index >= 15 is 0 Å². The lowest BCUT2D eigenvalue weighted by atomic mass is 9.85. The van der Waals surface area contributed by atoms with Crippen molar-refractivity contribution in [3.8, 4) is 5.75 Å². The Balaban J connectivity index is 0.000000489. The van der Waals surface area contributed by atoms with Crippen LogP contribution in [-0.4, -0.2) is 93.8 Å². The standard InChI is InChI=1S/C21H30N2O.C4H6O6/c1-16-11-13-20(24)19(15-16)18(17-9-7-6-8-10-17)12-14-21(22(2)3)23(4)5;5-1(3(7)8)2(6)4(9)10/h6-11,13,15,18,21,24H,12,14H2,1-5H3;1-2,5-6H,(H,7,8)(H,9,10)/t18-;1-,2-/m01/s1. The number of carboxylic acid groups (broad SMARTS) is 2.